The Hall–Kier alpha value is -1.42. The minimum absolute atomic E-state index is 0.112. The normalized spacial score (nSPS) is 12.5. The molecule has 0 fully saturated rings. The Bertz CT molecular complexity index is 336. The number of pyridine rings is 1. The van der Waals surface area contributed by atoms with E-state index in [2.05, 4.69) is 4.98 Å². The fourth-order valence-corrected chi connectivity index (χ4v) is 1.07. The lowest BCUT2D eigenvalue weighted by Crippen LogP contribution is -2.20. The van der Waals surface area contributed by atoms with Gasteiger partial charge in [0.1, 0.15) is 5.82 Å². The molecule has 1 heterocycles. The standard InChI is InChI=1S/C9H13N3O/c1-5-3-7(8(10)6(2)13)9(11)12-4-5/h3-4,8H,10H2,1-2H3,(H2,11,12). The van der Waals surface area contributed by atoms with E-state index >= 15 is 0 Å². The summed E-state index contributed by atoms with van der Waals surface area (Å²) in [7, 11) is 0. The first-order chi connectivity index (χ1) is 6.02. The maximum atomic E-state index is 11.0. The van der Waals surface area contributed by atoms with Crippen LogP contribution >= 0.6 is 0 Å². The number of carbonyl (C=O) groups is 1. The van der Waals surface area contributed by atoms with Crippen molar-refractivity contribution in [2.24, 2.45) is 5.73 Å². The minimum atomic E-state index is -0.660. The van der Waals surface area contributed by atoms with Gasteiger partial charge in [0.2, 0.25) is 0 Å². The first-order valence-electron chi connectivity index (χ1n) is 4.00. The molecule has 1 aromatic rings. The van der Waals surface area contributed by atoms with E-state index in [9.17, 15) is 4.79 Å². The first-order valence-corrected chi connectivity index (χ1v) is 4.00. The number of nitrogens with two attached hydrogens (primary N) is 2. The van der Waals surface area contributed by atoms with E-state index in [0.717, 1.165) is 5.56 Å². The number of hydrogen-bond acceptors (Lipinski definition) is 4. The zero-order chi connectivity index (χ0) is 10.0. The molecule has 0 saturated heterocycles. The third-order valence-electron chi connectivity index (χ3n) is 1.86. The van der Waals surface area contributed by atoms with Crippen LogP contribution in [-0.2, 0) is 4.79 Å². The molecule has 1 rings (SSSR count). The summed E-state index contributed by atoms with van der Waals surface area (Å²) < 4.78 is 0. The van der Waals surface area contributed by atoms with Crippen LogP contribution < -0.4 is 11.5 Å². The first kappa shape index (κ1) is 9.67. The molecule has 1 unspecified atom stereocenters. The molecule has 0 spiro atoms. The van der Waals surface area contributed by atoms with E-state index in [0.29, 0.717) is 11.4 Å². The fourth-order valence-electron chi connectivity index (χ4n) is 1.07. The predicted octanol–water partition coefficient (Wildman–Crippen LogP) is 0.561. The summed E-state index contributed by atoms with van der Waals surface area (Å²) in [5.41, 5.74) is 12.8. The smallest absolute Gasteiger partial charge is 0.151 e. The van der Waals surface area contributed by atoms with Crippen molar-refractivity contribution in [2.75, 3.05) is 5.73 Å². The summed E-state index contributed by atoms with van der Waals surface area (Å²) in [5.74, 6) is 0.215. The molecular weight excluding hydrogens is 166 g/mol. The lowest BCUT2D eigenvalue weighted by molar-refractivity contribution is -0.118. The molecule has 4 heteroatoms. The van der Waals surface area contributed by atoms with Crippen LogP contribution in [0.15, 0.2) is 12.3 Å². The third-order valence-corrected chi connectivity index (χ3v) is 1.86. The molecule has 1 atom stereocenters. The second kappa shape index (κ2) is 3.53. The van der Waals surface area contributed by atoms with Gasteiger partial charge in [-0.15, -0.1) is 0 Å². The molecule has 0 aromatic carbocycles. The summed E-state index contributed by atoms with van der Waals surface area (Å²) in [6.45, 7) is 3.31. The topological polar surface area (TPSA) is 82.0 Å². The average molecular weight is 179 g/mol. The van der Waals surface area contributed by atoms with Crippen molar-refractivity contribution in [1.29, 1.82) is 0 Å². The number of nitrogens with zero attached hydrogens (tertiary/aromatic N) is 1. The highest BCUT2D eigenvalue weighted by Crippen LogP contribution is 2.17. The van der Waals surface area contributed by atoms with Crippen molar-refractivity contribution < 1.29 is 4.79 Å². The number of ketones is 1. The number of Topliss-reactive ketones (excluding diaryl/α,β-unsaturated/α-hetero) is 1. The Kier molecular flexibility index (Phi) is 2.63. The maximum Gasteiger partial charge on any atom is 0.151 e. The summed E-state index contributed by atoms with van der Waals surface area (Å²) in [5, 5.41) is 0. The zero-order valence-corrected chi connectivity index (χ0v) is 7.74. The largest absolute Gasteiger partial charge is 0.383 e. The van der Waals surface area contributed by atoms with Crippen LogP contribution in [-0.4, -0.2) is 10.8 Å². The van der Waals surface area contributed by atoms with Crippen LogP contribution in [0.25, 0.3) is 0 Å². The molecule has 13 heavy (non-hydrogen) atoms. The van der Waals surface area contributed by atoms with Gasteiger partial charge in [0.25, 0.3) is 0 Å². The van der Waals surface area contributed by atoms with E-state index in [1.807, 2.05) is 6.92 Å². The summed E-state index contributed by atoms with van der Waals surface area (Å²) in [4.78, 5) is 14.9. The third kappa shape index (κ3) is 2.03. The Morgan fingerprint density at radius 2 is 2.23 bits per heavy atom. The monoisotopic (exact) mass is 179 g/mol. The number of rotatable bonds is 2. The van der Waals surface area contributed by atoms with E-state index in [1.165, 1.54) is 6.92 Å². The van der Waals surface area contributed by atoms with Crippen molar-refractivity contribution in [2.45, 2.75) is 19.9 Å². The van der Waals surface area contributed by atoms with E-state index in [4.69, 9.17) is 11.5 Å². The molecule has 70 valence electrons. The molecule has 4 N–H and O–H groups in total. The van der Waals surface area contributed by atoms with E-state index in [1.54, 1.807) is 12.3 Å². The summed E-state index contributed by atoms with van der Waals surface area (Å²) in [6, 6.07) is 1.13. The highest BCUT2D eigenvalue weighted by atomic mass is 16.1. The minimum Gasteiger partial charge on any atom is -0.383 e. The highest BCUT2D eigenvalue weighted by Gasteiger charge is 2.14. The second-order valence-corrected chi connectivity index (χ2v) is 3.08. The molecule has 0 aliphatic heterocycles. The molecule has 0 bridgehead atoms. The van der Waals surface area contributed by atoms with Gasteiger partial charge >= 0.3 is 0 Å². The van der Waals surface area contributed by atoms with Gasteiger partial charge in [-0.1, -0.05) is 0 Å². The number of aromatic nitrogens is 1. The number of anilines is 1. The molecule has 4 nitrogen and oxygen atoms in total. The van der Waals surface area contributed by atoms with E-state index in [-0.39, 0.29) is 5.78 Å². The van der Waals surface area contributed by atoms with Crippen molar-refractivity contribution in [1.82, 2.24) is 4.98 Å². The van der Waals surface area contributed by atoms with Gasteiger partial charge in [-0.2, -0.15) is 0 Å². The van der Waals surface area contributed by atoms with Crippen molar-refractivity contribution >= 4 is 11.6 Å². The predicted molar refractivity (Wildman–Crippen MR) is 51.0 cm³/mol. The summed E-state index contributed by atoms with van der Waals surface area (Å²) in [6.07, 6.45) is 1.64. The van der Waals surface area contributed by atoms with Gasteiger partial charge < -0.3 is 11.5 Å². The van der Waals surface area contributed by atoms with Gasteiger partial charge in [-0.3, -0.25) is 4.79 Å². The van der Waals surface area contributed by atoms with Crippen molar-refractivity contribution in [3.8, 4) is 0 Å². The van der Waals surface area contributed by atoms with Gasteiger partial charge in [-0.05, 0) is 25.5 Å². The number of aryl methyl sites for hydroxylation is 1. The average Bonchev–Trinajstić information content (AvgIpc) is 2.08. The van der Waals surface area contributed by atoms with Crippen molar-refractivity contribution in [3.05, 3.63) is 23.4 Å². The van der Waals surface area contributed by atoms with Gasteiger partial charge in [0.05, 0.1) is 6.04 Å². The maximum absolute atomic E-state index is 11.0. The lowest BCUT2D eigenvalue weighted by Gasteiger charge is -2.10. The number of hydrogen-bond donors (Lipinski definition) is 2. The van der Waals surface area contributed by atoms with Crippen molar-refractivity contribution in [3.63, 3.8) is 0 Å². The van der Waals surface area contributed by atoms with Gasteiger partial charge in [0.15, 0.2) is 5.78 Å². The SMILES string of the molecule is CC(=O)C(N)c1cc(C)cnc1N. The Balaban J connectivity index is 3.12. The summed E-state index contributed by atoms with van der Waals surface area (Å²) >= 11 is 0. The Labute approximate surface area is 77.0 Å². The van der Waals surface area contributed by atoms with Crippen LogP contribution in [0.2, 0.25) is 0 Å². The van der Waals surface area contributed by atoms with Gasteiger partial charge in [0, 0.05) is 11.8 Å². The zero-order valence-electron chi connectivity index (χ0n) is 7.74. The molecule has 0 aliphatic carbocycles. The molecule has 0 amide bonds. The fraction of sp³-hybridized carbons (Fsp3) is 0.333. The van der Waals surface area contributed by atoms with Crippen LogP contribution in [0.5, 0.6) is 0 Å². The molecule has 1 aromatic heterocycles. The lowest BCUT2D eigenvalue weighted by atomic mass is 10.0. The number of nitrogen functional groups attached to an aromatic ring is 1. The van der Waals surface area contributed by atoms with Crippen LogP contribution in [0.3, 0.4) is 0 Å². The van der Waals surface area contributed by atoms with Crippen LogP contribution in [0, 0.1) is 6.92 Å². The Morgan fingerprint density at radius 1 is 1.62 bits per heavy atom. The molecule has 0 aliphatic rings. The van der Waals surface area contributed by atoms with Crippen LogP contribution in [0.4, 0.5) is 5.82 Å². The highest BCUT2D eigenvalue weighted by molar-refractivity contribution is 5.83. The van der Waals surface area contributed by atoms with Crippen LogP contribution in [0.1, 0.15) is 24.1 Å². The molecular formula is C9H13N3O. The van der Waals surface area contributed by atoms with Gasteiger partial charge in [-0.25, -0.2) is 4.98 Å². The Morgan fingerprint density at radius 3 is 2.77 bits per heavy atom. The molecule has 0 radical (unpaired) electrons. The number of carbonyl (C=O) groups excluding carboxylic acids is 1. The quantitative estimate of drug-likeness (QED) is 0.695. The second-order valence-electron chi connectivity index (χ2n) is 3.08. The van der Waals surface area contributed by atoms with E-state index < -0.39 is 6.04 Å². The molecule has 0 saturated carbocycles.